The maximum absolute atomic E-state index is 4.52. The molecule has 0 bridgehead atoms. The molecule has 0 saturated carbocycles. The molecule has 0 atom stereocenters. The van der Waals surface area contributed by atoms with E-state index < -0.39 is 0 Å². The molecule has 0 amide bonds. The number of hydrogen-bond acceptors (Lipinski definition) is 5. The molecule has 3 aromatic heterocycles. The molecule has 4 heterocycles. The van der Waals surface area contributed by atoms with Crippen molar-refractivity contribution in [3.05, 3.63) is 49.1 Å². The van der Waals surface area contributed by atoms with Crippen molar-refractivity contribution in [3.8, 4) is 11.1 Å². The van der Waals surface area contributed by atoms with E-state index in [0.717, 1.165) is 54.0 Å². The molecule has 0 unspecified atom stereocenters. The van der Waals surface area contributed by atoms with Crippen molar-refractivity contribution in [2.75, 3.05) is 31.1 Å². The van der Waals surface area contributed by atoms with Gasteiger partial charge in [0.2, 0.25) is 0 Å². The number of hydrogen-bond donors (Lipinski definition) is 1. The summed E-state index contributed by atoms with van der Waals surface area (Å²) in [6.07, 6.45) is 7.41. The quantitative estimate of drug-likeness (QED) is 0.783. The van der Waals surface area contributed by atoms with Gasteiger partial charge in [-0.3, -0.25) is 9.97 Å². The molecule has 110 valence electrons. The number of fused-ring (bicyclic) bond motifs is 1. The van der Waals surface area contributed by atoms with E-state index in [-0.39, 0.29) is 0 Å². The molecule has 0 spiro atoms. The highest BCUT2D eigenvalue weighted by Crippen LogP contribution is 2.25. The monoisotopic (exact) mass is 291 g/mol. The first kappa shape index (κ1) is 13.2. The molecule has 5 nitrogen and oxygen atoms in total. The van der Waals surface area contributed by atoms with Crippen molar-refractivity contribution in [2.45, 2.75) is 0 Å². The lowest BCUT2D eigenvalue weighted by Crippen LogP contribution is -2.43. The van der Waals surface area contributed by atoms with E-state index in [1.54, 1.807) is 6.20 Å². The number of pyridine rings is 3. The summed E-state index contributed by atoms with van der Waals surface area (Å²) in [4.78, 5) is 15.5. The lowest BCUT2D eigenvalue weighted by molar-refractivity contribution is 0.585. The Kier molecular flexibility index (Phi) is 3.40. The molecule has 1 fully saturated rings. The highest BCUT2D eigenvalue weighted by Gasteiger charge is 2.12. The van der Waals surface area contributed by atoms with E-state index in [1.165, 1.54) is 0 Å². The Balaban J connectivity index is 1.71. The first-order valence-corrected chi connectivity index (χ1v) is 7.52. The Morgan fingerprint density at radius 2 is 1.82 bits per heavy atom. The van der Waals surface area contributed by atoms with E-state index in [9.17, 15) is 0 Å². The zero-order chi connectivity index (χ0) is 14.8. The average Bonchev–Trinajstić information content (AvgIpc) is 2.62. The van der Waals surface area contributed by atoms with E-state index in [1.807, 2.05) is 30.7 Å². The molecule has 0 aliphatic carbocycles. The third kappa shape index (κ3) is 2.51. The molecule has 4 rings (SSSR count). The van der Waals surface area contributed by atoms with Crippen molar-refractivity contribution in [1.82, 2.24) is 20.3 Å². The van der Waals surface area contributed by atoms with E-state index in [0.29, 0.717) is 0 Å². The molecule has 1 saturated heterocycles. The van der Waals surface area contributed by atoms with Crippen LogP contribution >= 0.6 is 0 Å². The van der Waals surface area contributed by atoms with E-state index in [4.69, 9.17) is 0 Å². The molecular formula is C17H17N5. The minimum atomic E-state index is 0.968. The summed E-state index contributed by atoms with van der Waals surface area (Å²) in [6, 6.07) is 8.24. The molecule has 22 heavy (non-hydrogen) atoms. The fraction of sp³-hybridized carbons (Fsp3) is 0.235. The summed E-state index contributed by atoms with van der Waals surface area (Å²) in [6.45, 7) is 4.01. The van der Waals surface area contributed by atoms with E-state index in [2.05, 4.69) is 37.3 Å². The first-order valence-electron chi connectivity index (χ1n) is 7.52. The fourth-order valence-electron chi connectivity index (χ4n) is 2.79. The summed E-state index contributed by atoms with van der Waals surface area (Å²) in [5.41, 5.74) is 3.20. The third-order valence-electron chi connectivity index (χ3n) is 4.00. The van der Waals surface area contributed by atoms with Crippen LogP contribution < -0.4 is 10.2 Å². The number of aromatic nitrogens is 3. The minimum Gasteiger partial charge on any atom is -0.354 e. The Morgan fingerprint density at radius 1 is 0.909 bits per heavy atom. The van der Waals surface area contributed by atoms with E-state index >= 15 is 0 Å². The van der Waals surface area contributed by atoms with Crippen LogP contribution in [0.1, 0.15) is 0 Å². The Morgan fingerprint density at radius 3 is 2.73 bits per heavy atom. The van der Waals surface area contributed by atoms with Gasteiger partial charge in [-0.25, -0.2) is 4.98 Å². The van der Waals surface area contributed by atoms with Crippen molar-refractivity contribution >= 4 is 16.7 Å². The molecule has 1 N–H and O–H groups in total. The van der Waals surface area contributed by atoms with Gasteiger partial charge in [-0.2, -0.15) is 0 Å². The van der Waals surface area contributed by atoms with Crippen LogP contribution in [0.2, 0.25) is 0 Å². The normalized spacial score (nSPS) is 15.2. The van der Waals surface area contributed by atoms with Gasteiger partial charge in [0, 0.05) is 61.9 Å². The van der Waals surface area contributed by atoms with Crippen molar-refractivity contribution in [2.24, 2.45) is 0 Å². The molecule has 3 aromatic rings. The zero-order valence-corrected chi connectivity index (χ0v) is 12.2. The second-order valence-electron chi connectivity index (χ2n) is 5.43. The second kappa shape index (κ2) is 5.69. The van der Waals surface area contributed by atoms with Crippen LogP contribution in [0, 0.1) is 0 Å². The highest BCUT2D eigenvalue weighted by molar-refractivity contribution is 5.82. The van der Waals surface area contributed by atoms with Crippen LogP contribution in [-0.4, -0.2) is 41.1 Å². The molecular weight excluding hydrogens is 274 g/mol. The Hall–Kier alpha value is -2.53. The van der Waals surface area contributed by atoms with Gasteiger partial charge < -0.3 is 10.2 Å². The minimum absolute atomic E-state index is 0.968. The second-order valence-corrected chi connectivity index (χ2v) is 5.43. The van der Waals surface area contributed by atoms with Gasteiger partial charge in [-0.1, -0.05) is 0 Å². The Bertz CT molecular complexity index is 796. The summed E-state index contributed by atoms with van der Waals surface area (Å²) in [5, 5.41) is 4.42. The topological polar surface area (TPSA) is 53.9 Å². The summed E-state index contributed by atoms with van der Waals surface area (Å²) in [5.74, 6) is 1.03. The average molecular weight is 291 g/mol. The predicted molar refractivity (Wildman–Crippen MR) is 87.9 cm³/mol. The van der Waals surface area contributed by atoms with Gasteiger partial charge in [0.1, 0.15) is 5.82 Å². The third-order valence-corrected chi connectivity index (χ3v) is 4.00. The molecule has 5 heteroatoms. The lowest BCUT2D eigenvalue weighted by Gasteiger charge is -2.28. The number of anilines is 1. The largest absolute Gasteiger partial charge is 0.354 e. The van der Waals surface area contributed by atoms with Gasteiger partial charge in [0.05, 0.1) is 5.52 Å². The number of piperazine rings is 1. The van der Waals surface area contributed by atoms with Crippen LogP contribution in [0.4, 0.5) is 5.82 Å². The van der Waals surface area contributed by atoms with Crippen molar-refractivity contribution in [1.29, 1.82) is 0 Å². The first-order chi connectivity index (χ1) is 10.9. The van der Waals surface area contributed by atoms with Gasteiger partial charge in [-0.15, -0.1) is 0 Å². The van der Waals surface area contributed by atoms with Gasteiger partial charge >= 0.3 is 0 Å². The molecule has 0 radical (unpaired) electrons. The Labute approximate surface area is 129 Å². The lowest BCUT2D eigenvalue weighted by atomic mass is 10.1. The van der Waals surface area contributed by atoms with Gasteiger partial charge in [-0.05, 0) is 29.8 Å². The zero-order valence-electron chi connectivity index (χ0n) is 12.2. The maximum atomic E-state index is 4.52. The number of nitrogens with zero attached hydrogens (tertiary/aromatic N) is 4. The SMILES string of the molecule is c1cc2ncc(-c3ccnc(N4CCNCC4)c3)cc2cn1. The molecule has 1 aliphatic rings. The highest BCUT2D eigenvalue weighted by atomic mass is 15.2. The van der Waals surface area contributed by atoms with Crippen molar-refractivity contribution in [3.63, 3.8) is 0 Å². The predicted octanol–water partition coefficient (Wildman–Crippen LogP) is 2.10. The van der Waals surface area contributed by atoms with Crippen molar-refractivity contribution < 1.29 is 0 Å². The van der Waals surface area contributed by atoms with Gasteiger partial charge in [0.25, 0.3) is 0 Å². The summed E-state index contributed by atoms with van der Waals surface area (Å²) < 4.78 is 0. The summed E-state index contributed by atoms with van der Waals surface area (Å²) in [7, 11) is 0. The van der Waals surface area contributed by atoms with Crippen LogP contribution in [0.5, 0.6) is 0 Å². The van der Waals surface area contributed by atoms with Crippen LogP contribution in [0.3, 0.4) is 0 Å². The molecule has 0 aromatic carbocycles. The smallest absolute Gasteiger partial charge is 0.129 e. The molecule has 1 aliphatic heterocycles. The van der Waals surface area contributed by atoms with Gasteiger partial charge in [0.15, 0.2) is 0 Å². The number of nitrogens with one attached hydrogen (secondary N) is 1. The fourth-order valence-corrected chi connectivity index (χ4v) is 2.79. The van der Waals surface area contributed by atoms with Crippen LogP contribution in [-0.2, 0) is 0 Å². The van der Waals surface area contributed by atoms with Crippen LogP contribution in [0.15, 0.2) is 49.1 Å². The summed E-state index contributed by atoms with van der Waals surface area (Å²) >= 11 is 0. The standard InChI is InChI=1S/C17H17N5/c1-4-20-17(22-7-5-18-6-8-22)10-13(1)14-9-15-11-19-3-2-16(15)21-12-14/h1-4,9-12,18H,5-8H2. The van der Waals surface area contributed by atoms with Crippen LogP contribution in [0.25, 0.3) is 22.0 Å². The number of rotatable bonds is 2. The maximum Gasteiger partial charge on any atom is 0.129 e.